The van der Waals surface area contributed by atoms with E-state index in [0.29, 0.717) is 19.4 Å². The average Bonchev–Trinajstić information content (AvgIpc) is 3.08. The summed E-state index contributed by atoms with van der Waals surface area (Å²) in [5.74, 6) is -0.193. The number of carbonyl (C=O) groups excluding carboxylic acids is 2. The molecule has 0 spiro atoms. The summed E-state index contributed by atoms with van der Waals surface area (Å²) in [6.07, 6.45) is 2.08. The summed E-state index contributed by atoms with van der Waals surface area (Å²) in [6, 6.07) is 18.8. The molecule has 5 nitrogen and oxygen atoms in total. The predicted molar refractivity (Wildman–Crippen MR) is 111 cm³/mol. The zero-order valence-electron chi connectivity index (χ0n) is 16.4. The zero-order valence-corrected chi connectivity index (χ0v) is 16.4. The van der Waals surface area contributed by atoms with Gasteiger partial charge in [0.2, 0.25) is 11.8 Å². The third-order valence-corrected chi connectivity index (χ3v) is 6.01. The second-order valence-electron chi connectivity index (χ2n) is 7.95. The van der Waals surface area contributed by atoms with Gasteiger partial charge in [0.1, 0.15) is 11.6 Å². The Bertz CT molecular complexity index is 899. The van der Waals surface area contributed by atoms with E-state index in [9.17, 15) is 14.7 Å². The number of carbonyl (C=O) groups is 2. The molecule has 0 aliphatic carbocycles. The van der Waals surface area contributed by atoms with Gasteiger partial charge >= 0.3 is 0 Å². The Labute approximate surface area is 171 Å². The van der Waals surface area contributed by atoms with Crippen LogP contribution in [0.5, 0.6) is 0 Å². The van der Waals surface area contributed by atoms with Gasteiger partial charge in [0, 0.05) is 32.4 Å². The lowest BCUT2D eigenvalue weighted by molar-refractivity contribution is -0.167. The predicted octanol–water partition coefficient (Wildman–Crippen LogP) is 2.20. The van der Waals surface area contributed by atoms with Gasteiger partial charge in [0.15, 0.2) is 0 Å². The van der Waals surface area contributed by atoms with Crippen molar-refractivity contribution in [1.29, 1.82) is 0 Å². The highest BCUT2D eigenvalue weighted by atomic mass is 16.3. The SMILES string of the molecule is C=CCN1C(=O)C2(Cc3ccccc3)C[C@@H](O)CN2C(=O)C1Cc1ccccc1. The second-order valence-corrected chi connectivity index (χ2v) is 7.95. The van der Waals surface area contributed by atoms with Crippen LogP contribution in [0.2, 0.25) is 0 Å². The Hall–Kier alpha value is -2.92. The van der Waals surface area contributed by atoms with E-state index in [4.69, 9.17) is 0 Å². The second kappa shape index (κ2) is 7.84. The lowest BCUT2D eigenvalue weighted by atomic mass is 9.82. The number of β-amino-alcohol motifs (C(OH)–C–C–N with tert-alkyl or cyclic N) is 1. The largest absolute Gasteiger partial charge is 0.391 e. The van der Waals surface area contributed by atoms with Crippen molar-refractivity contribution < 1.29 is 14.7 Å². The van der Waals surface area contributed by atoms with Crippen LogP contribution in [0.4, 0.5) is 0 Å². The van der Waals surface area contributed by atoms with Crippen molar-refractivity contribution in [1.82, 2.24) is 9.80 Å². The van der Waals surface area contributed by atoms with E-state index in [-0.39, 0.29) is 24.8 Å². The highest BCUT2D eigenvalue weighted by molar-refractivity contribution is 6.01. The van der Waals surface area contributed by atoms with Crippen LogP contribution in [0.3, 0.4) is 0 Å². The van der Waals surface area contributed by atoms with E-state index in [0.717, 1.165) is 11.1 Å². The number of fused-ring (bicyclic) bond motifs is 1. The first-order chi connectivity index (χ1) is 14.0. The molecule has 0 saturated carbocycles. The number of nitrogens with zero attached hydrogens (tertiary/aromatic N) is 2. The van der Waals surface area contributed by atoms with Crippen LogP contribution in [0.1, 0.15) is 17.5 Å². The van der Waals surface area contributed by atoms with E-state index in [1.54, 1.807) is 15.9 Å². The molecule has 2 unspecified atom stereocenters. The Morgan fingerprint density at radius 2 is 1.66 bits per heavy atom. The lowest BCUT2D eigenvalue weighted by Crippen LogP contribution is -2.70. The first-order valence-corrected chi connectivity index (χ1v) is 10.0. The first kappa shape index (κ1) is 19.4. The monoisotopic (exact) mass is 390 g/mol. The zero-order chi connectivity index (χ0) is 20.4. The average molecular weight is 390 g/mol. The van der Waals surface area contributed by atoms with Crippen molar-refractivity contribution in [2.45, 2.75) is 36.9 Å². The molecule has 2 fully saturated rings. The summed E-state index contributed by atoms with van der Waals surface area (Å²) in [5, 5.41) is 10.4. The minimum absolute atomic E-state index is 0.0946. The molecule has 2 amide bonds. The highest BCUT2D eigenvalue weighted by Crippen LogP contribution is 2.40. The first-order valence-electron chi connectivity index (χ1n) is 10.0. The standard InChI is InChI=1S/C24H26N2O3/c1-2-13-25-21(14-18-9-5-3-6-10-18)22(28)26-17-20(27)16-24(26,23(25)29)15-19-11-7-4-8-12-19/h2-12,20-21,27H,1,13-17H2/t20-,21?,24?/m1/s1. The molecular formula is C24H26N2O3. The summed E-state index contributed by atoms with van der Waals surface area (Å²) in [5.41, 5.74) is 0.949. The van der Waals surface area contributed by atoms with Gasteiger partial charge in [-0.15, -0.1) is 6.58 Å². The molecule has 2 aliphatic rings. The van der Waals surface area contributed by atoms with E-state index >= 15 is 0 Å². The molecule has 3 atom stereocenters. The minimum Gasteiger partial charge on any atom is -0.391 e. The number of aliphatic hydroxyl groups excluding tert-OH is 1. The molecule has 2 aliphatic heterocycles. The Balaban J connectivity index is 1.72. The van der Waals surface area contributed by atoms with Gasteiger partial charge in [-0.3, -0.25) is 9.59 Å². The fourth-order valence-electron chi connectivity index (χ4n) is 4.74. The molecule has 1 N–H and O–H groups in total. The fraction of sp³-hybridized carbons (Fsp3) is 0.333. The Morgan fingerprint density at radius 3 is 2.28 bits per heavy atom. The lowest BCUT2D eigenvalue weighted by Gasteiger charge is -2.49. The summed E-state index contributed by atoms with van der Waals surface area (Å²) >= 11 is 0. The molecule has 0 radical (unpaired) electrons. The van der Waals surface area contributed by atoms with Crippen LogP contribution >= 0.6 is 0 Å². The van der Waals surface area contributed by atoms with Crippen molar-refractivity contribution in [3.63, 3.8) is 0 Å². The molecular weight excluding hydrogens is 364 g/mol. The highest BCUT2D eigenvalue weighted by Gasteiger charge is 2.59. The van der Waals surface area contributed by atoms with Gasteiger partial charge in [-0.1, -0.05) is 66.7 Å². The fourth-order valence-corrected chi connectivity index (χ4v) is 4.74. The maximum Gasteiger partial charge on any atom is 0.249 e. The van der Waals surface area contributed by atoms with Gasteiger partial charge in [-0.25, -0.2) is 0 Å². The number of piperazine rings is 1. The van der Waals surface area contributed by atoms with Gasteiger partial charge in [-0.2, -0.15) is 0 Å². The maximum atomic E-state index is 13.8. The van der Waals surface area contributed by atoms with Crippen LogP contribution in [0.15, 0.2) is 73.3 Å². The van der Waals surface area contributed by atoms with E-state index in [2.05, 4.69) is 6.58 Å². The van der Waals surface area contributed by atoms with Gasteiger partial charge < -0.3 is 14.9 Å². The summed E-state index contributed by atoms with van der Waals surface area (Å²) in [4.78, 5) is 30.6. The third-order valence-electron chi connectivity index (χ3n) is 6.01. The van der Waals surface area contributed by atoms with E-state index in [1.807, 2.05) is 60.7 Å². The number of rotatable bonds is 6. The van der Waals surface area contributed by atoms with Gasteiger partial charge in [-0.05, 0) is 11.1 Å². The molecule has 2 saturated heterocycles. The number of benzene rings is 2. The minimum atomic E-state index is -1.03. The van der Waals surface area contributed by atoms with Gasteiger partial charge in [0.05, 0.1) is 6.10 Å². The normalized spacial score (nSPS) is 26.5. The third kappa shape index (κ3) is 3.47. The van der Waals surface area contributed by atoms with Crippen LogP contribution in [-0.4, -0.2) is 57.5 Å². The summed E-state index contributed by atoms with van der Waals surface area (Å²) in [7, 11) is 0. The molecule has 0 aromatic heterocycles. The van der Waals surface area contributed by atoms with E-state index in [1.165, 1.54) is 0 Å². The molecule has 2 aromatic carbocycles. The molecule has 5 heteroatoms. The number of hydrogen-bond acceptors (Lipinski definition) is 3. The molecule has 29 heavy (non-hydrogen) atoms. The number of hydrogen-bond donors (Lipinski definition) is 1. The van der Waals surface area contributed by atoms with Gasteiger partial charge in [0.25, 0.3) is 0 Å². The molecule has 150 valence electrons. The van der Waals surface area contributed by atoms with Crippen LogP contribution in [-0.2, 0) is 22.4 Å². The van der Waals surface area contributed by atoms with Crippen molar-refractivity contribution in [3.8, 4) is 0 Å². The topological polar surface area (TPSA) is 60.9 Å². The molecule has 2 heterocycles. The van der Waals surface area contributed by atoms with Crippen molar-refractivity contribution in [3.05, 3.63) is 84.4 Å². The Kier molecular flexibility index (Phi) is 5.24. The molecule has 0 bridgehead atoms. The summed E-state index contributed by atoms with van der Waals surface area (Å²) < 4.78 is 0. The van der Waals surface area contributed by atoms with Crippen LogP contribution in [0.25, 0.3) is 0 Å². The smallest absolute Gasteiger partial charge is 0.249 e. The van der Waals surface area contributed by atoms with E-state index < -0.39 is 17.7 Å². The van der Waals surface area contributed by atoms with Crippen molar-refractivity contribution in [2.24, 2.45) is 0 Å². The Morgan fingerprint density at radius 1 is 1.03 bits per heavy atom. The number of amides is 2. The number of aliphatic hydroxyl groups is 1. The van der Waals surface area contributed by atoms with Crippen LogP contribution < -0.4 is 0 Å². The quantitative estimate of drug-likeness (QED) is 0.770. The summed E-state index contributed by atoms with van der Waals surface area (Å²) in [6.45, 7) is 4.30. The van der Waals surface area contributed by atoms with Crippen molar-refractivity contribution in [2.75, 3.05) is 13.1 Å². The maximum absolute atomic E-state index is 13.8. The molecule has 2 aromatic rings. The van der Waals surface area contributed by atoms with Crippen LogP contribution in [0, 0.1) is 0 Å². The van der Waals surface area contributed by atoms with Crippen molar-refractivity contribution >= 4 is 11.8 Å². The molecule has 4 rings (SSSR count).